The fourth-order valence-corrected chi connectivity index (χ4v) is 5.44. The first-order valence-corrected chi connectivity index (χ1v) is 14.1. The Morgan fingerprint density at radius 3 is 2.37 bits per heavy atom. The molecule has 0 saturated carbocycles. The summed E-state index contributed by atoms with van der Waals surface area (Å²) in [6, 6.07) is 21.9. The van der Waals surface area contributed by atoms with E-state index in [1.54, 1.807) is 30.6 Å². The number of rotatable bonds is 10. The number of aromatic nitrogens is 2. The van der Waals surface area contributed by atoms with Gasteiger partial charge in [-0.25, -0.2) is 9.78 Å². The number of benzene rings is 2. The number of pyridine rings is 2. The summed E-state index contributed by atoms with van der Waals surface area (Å²) in [5, 5.41) is 22.3. The molecule has 3 unspecified atom stereocenters. The maximum Gasteiger partial charge on any atom is 0.338 e. The van der Waals surface area contributed by atoms with Crippen molar-refractivity contribution in [3.05, 3.63) is 125 Å². The zero-order valence-corrected chi connectivity index (χ0v) is 22.9. The van der Waals surface area contributed by atoms with E-state index in [1.165, 1.54) is 24.0 Å². The monoisotopic (exact) mass is 571 g/mol. The van der Waals surface area contributed by atoms with Crippen LogP contribution in [-0.2, 0) is 22.6 Å². The molecular formula is C31H29N3O6S. The highest BCUT2D eigenvalue weighted by atomic mass is 32.2. The number of amides is 1. The van der Waals surface area contributed by atoms with Gasteiger partial charge in [0.05, 0.1) is 29.9 Å². The van der Waals surface area contributed by atoms with E-state index >= 15 is 0 Å². The molecule has 5 rings (SSSR count). The number of carboxylic acid groups (broad SMARTS) is 1. The first kappa shape index (κ1) is 28.4. The summed E-state index contributed by atoms with van der Waals surface area (Å²) in [5.41, 5.74) is 4.17. The molecule has 2 aromatic heterocycles. The molecule has 0 radical (unpaired) electrons. The molecule has 10 heteroatoms. The predicted octanol–water partition coefficient (Wildman–Crippen LogP) is 4.93. The Balaban J connectivity index is 1.29. The van der Waals surface area contributed by atoms with Crippen molar-refractivity contribution in [1.29, 1.82) is 0 Å². The van der Waals surface area contributed by atoms with Crippen molar-refractivity contribution < 1.29 is 29.3 Å². The Hall–Kier alpha value is -4.09. The molecule has 41 heavy (non-hydrogen) atoms. The predicted molar refractivity (Wildman–Crippen MR) is 152 cm³/mol. The van der Waals surface area contributed by atoms with Crippen LogP contribution in [-0.4, -0.2) is 43.9 Å². The number of thioether (sulfide) groups is 1. The molecule has 1 saturated heterocycles. The van der Waals surface area contributed by atoms with Gasteiger partial charge in [-0.2, -0.15) is 0 Å². The number of hydrogen-bond donors (Lipinski definition) is 3. The lowest BCUT2D eigenvalue weighted by atomic mass is 10.0. The van der Waals surface area contributed by atoms with E-state index in [2.05, 4.69) is 15.3 Å². The topological polar surface area (TPSA) is 131 Å². The lowest BCUT2D eigenvalue weighted by molar-refractivity contribution is -0.245. The van der Waals surface area contributed by atoms with Crippen LogP contribution in [0.3, 0.4) is 0 Å². The minimum Gasteiger partial charge on any atom is -0.478 e. The Labute approximate surface area is 241 Å². The van der Waals surface area contributed by atoms with E-state index in [0.29, 0.717) is 29.3 Å². The highest BCUT2D eigenvalue weighted by Crippen LogP contribution is 2.39. The lowest BCUT2D eigenvalue weighted by Gasteiger charge is -2.36. The van der Waals surface area contributed by atoms with Crippen molar-refractivity contribution in [3.63, 3.8) is 0 Å². The molecule has 1 fully saturated rings. The minimum absolute atomic E-state index is 0.0398. The summed E-state index contributed by atoms with van der Waals surface area (Å²) in [6.45, 7) is 0.317. The number of ether oxygens (including phenoxy) is 2. The van der Waals surface area contributed by atoms with Gasteiger partial charge in [0.15, 0.2) is 6.29 Å². The number of carbonyl (C=O) groups is 2. The molecule has 0 spiro atoms. The van der Waals surface area contributed by atoms with Crippen LogP contribution in [0.4, 0.5) is 0 Å². The van der Waals surface area contributed by atoms with Crippen LogP contribution in [0.1, 0.15) is 61.8 Å². The zero-order chi connectivity index (χ0) is 28.6. The first-order chi connectivity index (χ1) is 20.0. The molecule has 3 heterocycles. The second-order valence-electron chi connectivity index (χ2n) is 9.49. The van der Waals surface area contributed by atoms with Gasteiger partial charge in [0.1, 0.15) is 5.03 Å². The average Bonchev–Trinajstić information content (AvgIpc) is 3.03. The number of nitrogens with zero attached hydrogens (tertiary/aromatic N) is 2. The van der Waals surface area contributed by atoms with Crippen molar-refractivity contribution in [3.8, 4) is 0 Å². The SMILES string of the molecule is O=C(NCc1ccc(C2OC(CSc3ncccc3C(=O)O)CC(c3ccc(CO)cc3)O2)cc1)c1cccnc1. The molecule has 3 N–H and O–H groups in total. The summed E-state index contributed by atoms with van der Waals surface area (Å²) >= 11 is 1.34. The third kappa shape index (κ3) is 7.36. The number of nitrogens with one attached hydrogen (secondary N) is 1. The molecule has 3 atom stereocenters. The van der Waals surface area contributed by atoms with E-state index in [-0.39, 0.29) is 30.3 Å². The summed E-state index contributed by atoms with van der Waals surface area (Å²) in [5.74, 6) is -0.735. The summed E-state index contributed by atoms with van der Waals surface area (Å²) in [4.78, 5) is 32.2. The van der Waals surface area contributed by atoms with Gasteiger partial charge in [0.25, 0.3) is 5.91 Å². The van der Waals surface area contributed by atoms with Gasteiger partial charge in [0.2, 0.25) is 0 Å². The van der Waals surface area contributed by atoms with Gasteiger partial charge in [-0.05, 0) is 41.0 Å². The molecule has 0 aliphatic carbocycles. The normalized spacial score (nSPS) is 18.5. The summed E-state index contributed by atoms with van der Waals surface area (Å²) in [6.07, 6.45) is 4.11. The van der Waals surface area contributed by atoms with Gasteiger partial charge in [0, 0.05) is 42.9 Å². The van der Waals surface area contributed by atoms with Gasteiger partial charge in [-0.15, -0.1) is 11.8 Å². The first-order valence-electron chi connectivity index (χ1n) is 13.1. The maximum atomic E-state index is 12.4. The van der Waals surface area contributed by atoms with Gasteiger partial charge in [-0.3, -0.25) is 9.78 Å². The van der Waals surface area contributed by atoms with Crippen molar-refractivity contribution >= 4 is 23.6 Å². The van der Waals surface area contributed by atoms with E-state index in [4.69, 9.17) is 9.47 Å². The third-order valence-electron chi connectivity index (χ3n) is 6.65. The van der Waals surface area contributed by atoms with Crippen LogP contribution >= 0.6 is 11.8 Å². The van der Waals surface area contributed by atoms with Crippen molar-refractivity contribution in [2.45, 2.75) is 43.1 Å². The second kappa shape index (κ2) is 13.5. The Morgan fingerprint density at radius 1 is 0.927 bits per heavy atom. The minimum atomic E-state index is -1.02. The molecule has 210 valence electrons. The maximum absolute atomic E-state index is 12.4. The van der Waals surface area contributed by atoms with Gasteiger partial charge < -0.3 is 25.0 Å². The smallest absolute Gasteiger partial charge is 0.338 e. The number of carboxylic acids is 1. The lowest BCUT2D eigenvalue weighted by Crippen LogP contribution is -2.31. The number of hydrogen-bond acceptors (Lipinski definition) is 8. The second-order valence-corrected chi connectivity index (χ2v) is 10.5. The van der Waals surface area contributed by atoms with Gasteiger partial charge >= 0.3 is 5.97 Å². The van der Waals surface area contributed by atoms with E-state index in [0.717, 1.165) is 22.3 Å². The number of aromatic carboxylic acids is 1. The Bertz CT molecular complexity index is 1470. The molecule has 1 amide bonds. The number of carbonyl (C=O) groups excluding carboxylic acids is 1. The highest BCUT2D eigenvalue weighted by molar-refractivity contribution is 7.99. The average molecular weight is 572 g/mol. The molecular weight excluding hydrogens is 542 g/mol. The fourth-order valence-electron chi connectivity index (χ4n) is 4.44. The highest BCUT2D eigenvalue weighted by Gasteiger charge is 2.32. The third-order valence-corrected chi connectivity index (χ3v) is 7.79. The summed E-state index contributed by atoms with van der Waals surface area (Å²) in [7, 11) is 0. The van der Waals surface area contributed by atoms with Crippen LogP contribution < -0.4 is 5.32 Å². The van der Waals surface area contributed by atoms with E-state index in [9.17, 15) is 19.8 Å². The van der Waals surface area contributed by atoms with Crippen LogP contribution in [0.5, 0.6) is 0 Å². The summed E-state index contributed by atoms with van der Waals surface area (Å²) < 4.78 is 12.7. The van der Waals surface area contributed by atoms with E-state index in [1.807, 2.05) is 48.5 Å². The van der Waals surface area contributed by atoms with Crippen LogP contribution in [0.15, 0.2) is 96.4 Å². The largest absolute Gasteiger partial charge is 0.478 e. The quantitative estimate of drug-likeness (QED) is 0.227. The molecule has 9 nitrogen and oxygen atoms in total. The molecule has 0 bridgehead atoms. The van der Waals surface area contributed by atoms with E-state index < -0.39 is 12.3 Å². The number of aliphatic hydroxyl groups excluding tert-OH is 1. The molecule has 4 aromatic rings. The van der Waals surface area contributed by atoms with Crippen molar-refractivity contribution in [2.24, 2.45) is 0 Å². The molecule has 1 aliphatic rings. The van der Waals surface area contributed by atoms with Crippen LogP contribution in [0, 0.1) is 0 Å². The molecule has 2 aromatic carbocycles. The van der Waals surface area contributed by atoms with Crippen LogP contribution in [0.2, 0.25) is 0 Å². The van der Waals surface area contributed by atoms with Gasteiger partial charge in [-0.1, -0.05) is 48.5 Å². The zero-order valence-electron chi connectivity index (χ0n) is 22.1. The molecule has 1 aliphatic heterocycles. The Morgan fingerprint density at radius 2 is 1.66 bits per heavy atom. The van der Waals surface area contributed by atoms with Crippen molar-refractivity contribution in [1.82, 2.24) is 15.3 Å². The fraction of sp³-hybridized carbons (Fsp3) is 0.226. The number of aliphatic hydroxyl groups is 1. The van der Waals surface area contributed by atoms with Crippen molar-refractivity contribution in [2.75, 3.05) is 5.75 Å². The van der Waals surface area contributed by atoms with Crippen LogP contribution in [0.25, 0.3) is 0 Å². The standard InChI is InChI=1S/C31H29N3O6S/c35-18-21-7-9-22(10-8-21)27-15-25(19-41-29-26(30(37)38)4-2-14-33-29)39-31(40-27)23-11-5-20(6-12-23)16-34-28(36)24-3-1-13-32-17-24/h1-14,17,25,27,31,35H,15-16,18-19H2,(H,34,36)(H,37,38). The Kier molecular flexibility index (Phi) is 9.37.